The molecule has 0 spiro atoms. The molecule has 1 aliphatic rings. The average Bonchev–Trinajstić information content (AvgIpc) is 3.00. The van der Waals surface area contributed by atoms with Gasteiger partial charge in [0.05, 0.1) is 0 Å². The molecule has 0 radical (unpaired) electrons. The predicted molar refractivity (Wildman–Crippen MR) is 125 cm³/mol. The molecular weight excluding hydrogens is 394 g/mol. The molecule has 0 amide bonds. The number of hydrogen-bond acceptors (Lipinski definition) is 3. The van der Waals surface area contributed by atoms with Gasteiger partial charge in [-0.05, 0) is 66.0 Å². The van der Waals surface area contributed by atoms with Crippen LogP contribution in [0.1, 0.15) is 24.0 Å². The molecule has 0 fully saturated rings. The van der Waals surface area contributed by atoms with Crippen LogP contribution in [0.25, 0.3) is 11.1 Å². The summed E-state index contributed by atoms with van der Waals surface area (Å²) in [5.74, 6) is 1.01. The fourth-order valence-electron chi connectivity index (χ4n) is 4.26. The smallest absolute Gasteiger partial charge is 0.119 e. The van der Waals surface area contributed by atoms with Gasteiger partial charge in [0.2, 0.25) is 0 Å². The Hall–Kier alpha value is -2.33. The first-order valence-electron chi connectivity index (χ1n) is 10.5. The number of ether oxygens (including phenoxy) is 1. The molecule has 0 aromatic heterocycles. The van der Waals surface area contributed by atoms with E-state index >= 15 is 0 Å². The van der Waals surface area contributed by atoms with Crippen LogP contribution in [-0.4, -0.2) is 23.9 Å². The molecule has 0 saturated heterocycles. The van der Waals surface area contributed by atoms with Crippen molar-refractivity contribution in [2.45, 2.75) is 37.8 Å². The van der Waals surface area contributed by atoms with Crippen molar-refractivity contribution in [2.24, 2.45) is 11.7 Å². The van der Waals surface area contributed by atoms with Crippen LogP contribution in [0.5, 0.6) is 5.75 Å². The molecule has 3 aromatic carbocycles. The van der Waals surface area contributed by atoms with Crippen LogP contribution in [0.3, 0.4) is 0 Å². The second kappa shape index (κ2) is 10.6. The Kier molecular flexibility index (Phi) is 7.92. The largest absolute Gasteiger partial charge is 0.491 e. The molecule has 3 N–H and O–H groups in total. The van der Waals surface area contributed by atoms with E-state index in [2.05, 4.69) is 42.5 Å². The normalized spacial score (nSPS) is 17.7. The van der Waals surface area contributed by atoms with Crippen molar-refractivity contribution in [3.05, 3.63) is 90.0 Å². The Morgan fingerprint density at radius 3 is 2.33 bits per heavy atom. The highest BCUT2D eigenvalue weighted by Crippen LogP contribution is 2.31. The fraction of sp³-hybridized carbons (Fsp3) is 0.308. The van der Waals surface area contributed by atoms with Crippen molar-refractivity contribution in [3.63, 3.8) is 0 Å². The van der Waals surface area contributed by atoms with Crippen LogP contribution >= 0.6 is 12.4 Å². The van der Waals surface area contributed by atoms with E-state index in [1.54, 1.807) is 0 Å². The third kappa shape index (κ3) is 5.42. The van der Waals surface area contributed by atoms with Crippen LogP contribution in [0.2, 0.25) is 0 Å². The molecule has 0 aliphatic heterocycles. The SMILES string of the molecule is Cl.NC(C1CCCc2ccc(-c3ccccc3)cc2C1)[C@@H](O)COc1ccccc1. The molecule has 1 aliphatic carbocycles. The van der Waals surface area contributed by atoms with Crippen molar-refractivity contribution in [1.29, 1.82) is 0 Å². The maximum atomic E-state index is 10.7. The summed E-state index contributed by atoms with van der Waals surface area (Å²) in [6.45, 7) is 0.221. The molecule has 4 rings (SSSR count). The van der Waals surface area contributed by atoms with Crippen molar-refractivity contribution in [1.82, 2.24) is 0 Å². The first kappa shape index (κ1) is 22.4. The number of aryl methyl sites for hydroxylation is 1. The minimum Gasteiger partial charge on any atom is -0.491 e. The topological polar surface area (TPSA) is 55.5 Å². The number of benzene rings is 3. The second-order valence-corrected chi connectivity index (χ2v) is 7.97. The van der Waals surface area contributed by atoms with Gasteiger partial charge in [-0.25, -0.2) is 0 Å². The molecule has 30 heavy (non-hydrogen) atoms. The molecule has 4 heteroatoms. The lowest BCUT2D eigenvalue weighted by Crippen LogP contribution is -2.45. The molecule has 0 saturated carbocycles. The summed E-state index contributed by atoms with van der Waals surface area (Å²) in [6, 6.07) is 26.6. The summed E-state index contributed by atoms with van der Waals surface area (Å²) in [5.41, 5.74) is 11.8. The molecule has 2 unspecified atom stereocenters. The Morgan fingerprint density at radius 1 is 0.900 bits per heavy atom. The first-order valence-corrected chi connectivity index (χ1v) is 10.5. The Labute approximate surface area is 185 Å². The predicted octanol–water partition coefficient (Wildman–Crippen LogP) is 5.04. The fourth-order valence-corrected chi connectivity index (χ4v) is 4.26. The van der Waals surface area contributed by atoms with Crippen molar-refractivity contribution >= 4 is 12.4 Å². The van der Waals surface area contributed by atoms with Crippen molar-refractivity contribution in [3.8, 4) is 16.9 Å². The highest BCUT2D eigenvalue weighted by Gasteiger charge is 2.28. The van der Waals surface area contributed by atoms with Gasteiger partial charge in [-0.3, -0.25) is 0 Å². The zero-order chi connectivity index (χ0) is 20.1. The zero-order valence-corrected chi connectivity index (χ0v) is 17.9. The van der Waals surface area contributed by atoms with Gasteiger partial charge in [0.15, 0.2) is 0 Å². The minimum absolute atomic E-state index is 0. The summed E-state index contributed by atoms with van der Waals surface area (Å²) in [6.07, 6.45) is 3.42. The van der Waals surface area contributed by atoms with Crippen LogP contribution in [0.15, 0.2) is 78.9 Å². The van der Waals surface area contributed by atoms with Gasteiger partial charge in [-0.2, -0.15) is 0 Å². The van der Waals surface area contributed by atoms with Gasteiger partial charge in [0, 0.05) is 6.04 Å². The number of hydrogen-bond donors (Lipinski definition) is 2. The first-order chi connectivity index (χ1) is 14.2. The monoisotopic (exact) mass is 423 g/mol. The molecule has 0 heterocycles. The number of aliphatic hydroxyl groups excluding tert-OH is 1. The standard InChI is InChI=1S/C26H29NO2.ClH/c27-26(25(28)18-29-24-12-5-2-6-13-24)22-11-7-10-20-14-15-21(16-23(20)17-22)19-8-3-1-4-9-19;/h1-6,8-9,12-16,22,25-26,28H,7,10-11,17-18,27H2;1H/t22?,25-,26?;/m0./s1. The van der Waals surface area contributed by atoms with Gasteiger partial charge < -0.3 is 15.6 Å². The van der Waals surface area contributed by atoms with Crippen LogP contribution < -0.4 is 10.5 Å². The number of rotatable bonds is 6. The molecule has 158 valence electrons. The molecule has 3 aromatic rings. The van der Waals surface area contributed by atoms with Crippen molar-refractivity contribution < 1.29 is 9.84 Å². The lowest BCUT2D eigenvalue weighted by Gasteiger charge is -2.27. The molecule has 0 bridgehead atoms. The van der Waals surface area contributed by atoms with Crippen LogP contribution in [0.4, 0.5) is 0 Å². The quantitative estimate of drug-likeness (QED) is 0.546. The summed E-state index contributed by atoms with van der Waals surface area (Å²) in [5, 5.41) is 10.7. The second-order valence-electron chi connectivity index (χ2n) is 7.97. The van der Waals surface area contributed by atoms with E-state index in [-0.39, 0.29) is 31.0 Å². The Bertz CT molecular complexity index is 917. The van der Waals surface area contributed by atoms with E-state index in [9.17, 15) is 5.11 Å². The van der Waals surface area contributed by atoms with Crippen molar-refractivity contribution in [2.75, 3.05) is 6.61 Å². The summed E-state index contributed by atoms with van der Waals surface area (Å²) >= 11 is 0. The van der Waals surface area contributed by atoms with Gasteiger partial charge in [-0.15, -0.1) is 12.4 Å². The van der Waals surface area contributed by atoms with Gasteiger partial charge >= 0.3 is 0 Å². The number of fused-ring (bicyclic) bond motifs is 1. The van der Waals surface area contributed by atoms with E-state index in [4.69, 9.17) is 10.5 Å². The average molecular weight is 424 g/mol. The van der Waals surface area contributed by atoms with E-state index in [0.29, 0.717) is 0 Å². The third-order valence-corrected chi connectivity index (χ3v) is 5.97. The van der Waals surface area contributed by atoms with Crippen LogP contribution in [0, 0.1) is 5.92 Å². The van der Waals surface area contributed by atoms with E-state index in [1.807, 2.05) is 36.4 Å². The number of nitrogens with two attached hydrogens (primary N) is 1. The molecule has 3 atom stereocenters. The zero-order valence-electron chi connectivity index (χ0n) is 17.1. The Balaban J connectivity index is 0.00000256. The highest BCUT2D eigenvalue weighted by molar-refractivity contribution is 5.85. The maximum absolute atomic E-state index is 10.7. The van der Waals surface area contributed by atoms with E-state index in [0.717, 1.165) is 31.4 Å². The molecule has 3 nitrogen and oxygen atoms in total. The van der Waals surface area contributed by atoms with Crippen LogP contribution in [-0.2, 0) is 12.8 Å². The van der Waals surface area contributed by atoms with E-state index < -0.39 is 6.10 Å². The van der Waals surface area contributed by atoms with Gasteiger partial charge in [-0.1, -0.05) is 66.7 Å². The summed E-state index contributed by atoms with van der Waals surface area (Å²) < 4.78 is 5.73. The minimum atomic E-state index is -0.681. The third-order valence-electron chi connectivity index (χ3n) is 5.97. The Morgan fingerprint density at radius 2 is 1.60 bits per heavy atom. The lowest BCUT2D eigenvalue weighted by molar-refractivity contribution is 0.0645. The van der Waals surface area contributed by atoms with Gasteiger partial charge in [0.1, 0.15) is 18.5 Å². The number of halogens is 1. The lowest BCUT2D eigenvalue weighted by atomic mass is 9.87. The molecular formula is C26H30ClNO2. The maximum Gasteiger partial charge on any atom is 0.119 e. The summed E-state index contributed by atoms with van der Waals surface area (Å²) in [7, 11) is 0. The summed E-state index contributed by atoms with van der Waals surface area (Å²) in [4.78, 5) is 0. The van der Waals surface area contributed by atoms with Gasteiger partial charge in [0.25, 0.3) is 0 Å². The number of aliphatic hydroxyl groups is 1. The highest BCUT2D eigenvalue weighted by atomic mass is 35.5. The van der Waals surface area contributed by atoms with E-state index in [1.165, 1.54) is 22.3 Å². The number of para-hydroxylation sites is 1.